The molecule has 0 amide bonds. The zero-order chi connectivity index (χ0) is 13.3. The summed E-state index contributed by atoms with van der Waals surface area (Å²) in [4.78, 5) is -0.0666. The van der Waals surface area contributed by atoms with Gasteiger partial charge in [-0.1, -0.05) is 31.0 Å². The number of benzene rings is 1. The Morgan fingerprint density at radius 1 is 1.29 bits per heavy atom. The van der Waals surface area contributed by atoms with Crippen molar-refractivity contribution in [2.24, 2.45) is 0 Å². The Labute approximate surface area is 104 Å². The molecule has 0 atom stereocenters. The summed E-state index contributed by atoms with van der Waals surface area (Å²) in [5.74, 6) is 2.57. The molecule has 94 valence electrons. The second-order valence-electron chi connectivity index (χ2n) is 3.60. The van der Waals surface area contributed by atoms with E-state index in [2.05, 4.69) is 12.8 Å². The number of aryl methyl sites for hydroxylation is 1. The lowest BCUT2D eigenvalue weighted by molar-refractivity contribution is 0.483. The Kier molecular flexibility index (Phi) is 7.27. The molecule has 0 radical (unpaired) electrons. The fraction of sp³-hybridized carbons (Fsp3) is 0.385. The first kappa shape index (κ1) is 15.7. The van der Waals surface area contributed by atoms with Gasteiger partial charge in [0.15, 0.2) is 0 Å². The average Bonchev–Trinajstić information content (AvgIpc) is 2.26. The van der Waals surface area contributed by atoms with Gasteiger partial charge in [0.25, 0.3) is 10.1 Å². The van der Waals surface area contributed by atoms with E-state index in [1.54, 1.807) is 12.1 Å². The van der Waals surface area contributed by atoms with E-state index in [9.17, 15) is 8.42 Å². The van der Waals surface area contributed by atoms with E-state index in [1.165, 1.54) is 25.0 Å². The standard InChI is InChI=1S/C7H8O3S.C6H10/c1-6-2-4-7(5-3-6)11(8,9)10;1-3-5-6-4-2/h2-5H,1H3,(H,8,9,10);1H,4-6H2,2H3. The van der Waals surface area contributed by atoms with E-state index in [1.807, 2.05) is 6.92 Å². The predicted molar refractivity (Wildman–Crippen MR) is 69.4 cm³/mol. The Hall–Kier alpha value is -1.31. The maximum Gasteiger partial charge on any atom is 0.294 e. The highest BCUT2D eigenvalue weighted by Crippen LogP contribution is 2.08. The number of hydrogen-bond acceptors (Lipinski definition) is 2. The van der Waals surface area contributed by atoms with E-state index in [-0.39, 0.29) is 4.90 Å². The number of terminal acetylenes is 1. The molecule has 17 heavy (non-hydrogen) atoms. The Morgan fingerprint density at radius 2 is 1.82 bits per heavy atom. The molecular formula is C13H18O3S. The van der Waals surface area contributed by atoms with Crippen LogP contribution >= 0.6 is 0 Å². The van der Waals surface area contributed by atoms with Crippen LogP contribution in [0.3, 0.4) is 0 Å². The minimum atomic E-state index is -4.02. The van der Waals surface area contributed by atoms with Gasteiger partial charge < -0.3 is 0 Å². The lowest BCUT2D eigenvalue weighted by atomic mass is 10.2. The van der Waals surface area contributed by atoms with Gasteiger partial charge in [-0.25, -0.2) is 0 Å². The monoisotopic (exact) mass is 254 g/mol. The molecule has 0 aliphatic heterocycles. The molecule has 0 saturated heterocycles. The molecule has 1 aromatic carbocycles. The first-order valence-electron chi connectivity index (χ1n) is 5.39. The third-order valence-electron chi connectivity index (χ3n) is 1.99. The van der Waals surface area contributed by atoms with Crippen LogP contribution < -0.4 is 0 Å². The maximum atomic E-state index is 10.5. The van der Waals surface area contributed by atoms with Crippen LogP contribution in [-0.2, 0) is 10.1 Å². The second kappa shape index (κ2) is 7.88. The topological polar surface area (TPSA) is 54.4 Å². The Morgan fingerprint density at radius 3 is 2.12 bits per heavy atom. The summed E-state index contributed by atoms with van der Waals surface area (Å²) < 4.78 is 29.6. The van der Waals surface area contributed by atoms with Crippen LogP contribution in [0.1, 0.15) is 31.7 Å². The molecule has 0 spiro atoms. The van der Waals surface area contributed by atoms with Crippen molar-refractivity contribution in [1.82, 2.24) is 0 Å². The lowest BCUT2D eigenvalue weighted by Crippen LogP contribution is -1.96. The molecule has 0 unspecified atom stereocenters. The van der Waals surface area contributed by atoms with Gasteiger partial charge in [0, 0.05) is 6.42 Å². The van der Waals surface area contributed by atoms with Crippen molar-refractivity contribution in [3.63, 3.8) is 0 Å². The first-order chi connectivity index (χ1) is 7.91. The molecule has 0 fully saturated rings. The Bertz CT molecular complexity index is 452. The first-order valence-corrected chi connectivity index (χ1v) is 6.83. The highest BCUT2D eigenvalue weighted by atomic mass is 32.2. The van der Waals surface area contributed by atoms with Gasteiger partial charge >= 0.3 is 0 Å². The second-order valence-corrected chi connectivity index (χ2v) is 5.02. The van der Waals surface area contributed by atoms with Gasteiger partial charge in [-0.2, -0.15) is 8.42 Å². The summed E-state index contributed by atoms with van der Waals surface area (Å²) in [6.45, 7) is 3.98. The third-order valence-corrected chi connectivity index (χ3v) is 2.86. The van der Waals surface area contributed by atoms with E-state index in [4.69, 9.17) is 11.0 Å². The molecule has 1 rings (SSSR count). The summed E-state index contributed by atoms with van der Waals surface area (Å²) >= 11 is 0. The molecule has 3 nitrogen and oxygen atoms in total. The van der Waals surface area contributed by atoms with Crippen LogP contribution in [-0.4, -0.2) is 13.0 Å². The zero-order valence-corrected chi connectivity index (χ0v) is 11.0. The van der Waals surface area contributed by atoms with Crippen LogP contribution in [0.15, 0.2) is 29.2 Å². The fourth-order valence-corrected chi connectivity index (χ4v) is 1.47. The third kappa shape index (κ3) is 7.56. The summed E-state index contributed by atoms with van der Waals surface area (Å²) in [7, 11) is -4.02. The molecule has 0 aliphatic carbocycles. The largest absolute Gasteiger partial charge is 0.294 e. The maximum absolute atomic E-state index is 10.5. The van der Waals surface area contributed by atoms with Crippen molar-refractivity contribution in [2.45, 2.75) is 38.0 Å². The van der Waals surface area contributed by atoms with Crippen molar-refractivity contribution in [3.8, 4) is 12.3 Å². The minimum absolute atomic E-state index is 0.0666. The van der Waals surface area contributed by atoms with E-state index >= 15 is 0 Å². The molecule has 0 bridgehead atoms. The molecule has 0 aromatic heterocycles. The van der Waals surface area contributed by atoms with Gasteiger partial charge in [0.05, 0.1) is 4.90 Å². The number of unbranched alkanes of at least 4 members (excludes halogenated alkanes) is 2. The van der Waals surface area contributed by atoms with Crippen molar-refractivity contribution in [2.75, 3.05) is 0 Å². The summed E-state index contributed by atoms with van der Waals surface area (Å²) in [6.07, 6.45) is 8.30. The van der Waals surface area contributed by atoms with Crippen LogP contribution in [0.5, 0.6) is 0 Å². The van der Waals surface area contributed by atoms with E-state index < -0.39 is 10.1 Å². The predicted octanol–water partition coefficient (Wildman–Crippen LogP) is 3.05. The SMILES string of the molecule is C#CCCCC.Cc1ccc(S(=O)(=O)O)cc1. The molecule has 0 heterocycles. The van der Waals surface area contributed by atoms with Gasteiger partial charge in [-0.05, 0) is 25.5 Å². The highest BCUT2D eigenvalue weighted by Gasteiger charge is 2.06. The summed E-state index contributed by atoms with van der Waals surface area (Å²) in [6, 6.07) is 5.99. The highest BCUT2D eigenvalue weighted by molar-refractivity contribution is 7.85. The van der Waals surface area contributed by atoms with Crippen molar-refractivity contribution < 1.29 is 13.0 Å². The van der Waals surface area contributed by atoms with Gasteiger partial charge in [0.2, 0.25) is 0 Å². The molecule has 1 N–H and O–H groups in total. The smallest absolute Gasteiger partial charge is 0.282 e. The summed E-state index contributed by atoms with van der Waals surface area (Å²) in [5, 5.41) is 0. The molecule has 1 aromatic rings. The molecule has 4 heteroatoms. The van der Waals surface area contributed by atoms with Crippen LogP contribution in [0, 0.1) is 19.3 Å². The zero-order valence-electron chi connectivity index (χ0n) is 10.2. The van der Waals surface area contributed by atoms with Crippen LogP contribution in [0.2, 0.25) is 0 Å². The van der Waals surface area contributed by atoms with Crippen LogP contribution in [0.4, 0.5) is 0 Å². The molecule has 0 aliphatic rings. The molecular weight excluding hydrogens is 236 g/mol. The average molecular weight is 254 g/mol. The minimum Gasteiger partial charge on any atom is -0.282 e. The van der Waals surface area contributed by atoms with Crippen molar-refractivity contribution in [1.29, 1.82) is 0 Å². The summed E-state index contributed by atoms with van der Waals surface area (Å²) in [5.41, 5.74) is 0.956. The van der Waals surface area contributed by atoms with Gasteiger partial charge in [-0.3, -0.25) is 4.55 Å². The number of rotatable bonds is 3. The van der Waals surface area contributed by atoms with Gasteiger partial charge in [0.1, 0.15) is 0 Å². The quantitative estimate of drug-likeness (QED) is 0.512. The van der Waals surface area contributed by atoms with Crippen molar-refractivity contribution in [3.05, 3.63) is 29.8 Å². The van der Waals surface area contributed by atoms with E-state index in [0.29, 0.717) is 0 Å². The van der Waals surface area contributed by atoms with Crippen molar-refractivity contribution >= 4 is 10.1 Å². The van der Waals surface area contributed by atoms with Gasteiger partial charge in [-0.15, -0.1) is 12.3 Å². The van der Waals surface area contributed by atoms with E-state index in [0.717, 1.165) is 12.0 Å². The fourth-order valence-electron chi connectivity index (χ4n) is 0.989. The normalized spacial score (nSPS) is 10.0. The Balaban J connectivity index is 0.000000366. The van der Waals surface area contributed by atoms with Crippen LogP contribution in [0.25, 0.3) is 0 Å². The number of hydrogen-bond donors (Lipinski definition) is 1. The molecule has 0 saturated carbocycles. The lowest BCUT2D eigenvalue weighted by Gasteiger charge is -1.95.